The summed E-state index contributed by atoms with van der Waals surface area (Å²) in [6.07, 6.45) is 0. The molecule has 0 aliphatic heterocycles. The summed E-state index contributed by atoms with van der Waals surface area (Å²) in [5, 5.41) is 0. The fourth-order valence-corrected chi connectivity index (χ4v) is 1.31. The lowest BCUT2D eigenvalue weighted by Gasteiger charge is -2.02. The SMILES string of the molecule is Cc1nc2c(N)nc(N)nc2nc1Br. The van der Waals surface area contributed by atoms with E-state index in [1.165, 1.54) is 0 Å². The maximum absolute atomic E-state index is 5.63. The van der Waals surface area contributed by atoms with Crippen LogP contribution in [0.3, 0.4) is 0 Å². The molecule has 2 rings (SSSR count). The van der Waals surface area contributed by atoms with Gasteiger partial charge in [-0.05, 0) is 22.9 Å². The minimum Gasteiger partial charge on any atom is -0.382 e. The number of halogens is 1. The second-order valence-electron chi connectivity index (χ2n) is 2.74. The van der Waals surface area contributed by atoms with Gasteiger partial charge in [-0.25, -0.2) is 9.97 Å². The van der Waals surface area contributed by atoms with Crippen LogP contribution in [0.15, 0.2) is 4.60 Å². The summed E-state index contributed by atoms with van der Waals surface area (Å²) in [4.78, 5) is 16.1. The summed E-state index contributed by atoms with van der Waals surface area (Å²) in [6, 6.07) is 0. The van der Waals surface area contributed by atoms with Gasteiger partial charge in [-0.2, -0.15) is 9.97 Å². The number of hydrogen-bond donors (Lipinski definition) is 2. The van der Waals surface area contributed by atoms with Crippen molar-refractivity contribution in [3.63, 3.8) is 0 Å². The molecular weight excluding hydrogens is 248 g/mol. The Bertz CT molecular complexity index is 511. The first kappa shape index (κ1) is 9.07. The molecular formula is C7H7BrN6. The van der Waals surface area contributed by atoms with E-state index >= 15 is 0 Å². The number of hydrogen-bond acceptors (Lipinski definition) is 6. The van der Waals surface area contributed by atoms with E-state index in [2.05, 4.69) is 35.9 Å². The van der Waals surface area contributed by atoms with Crippen LogP contribution in [0.5, 0.6) is 0 Å². The molecule has 0 spiro atoms. The van der Waals surface area contributed by atoms with Gasteiger partial charge in [0.15, 0.2) is 17.0 Å². The summed E-state index contributed by atoms with van der Waals surface area (Å²) >= 11 is 3.25. The molecule has 0 saturated carbocycles. The van der Waals surface area contributed by atoms with Crippen LogP contribution in [0.4, 0.5) is 11.8 Å². The highest BCUT2D eigenvalue weighted by molar-refractivity contribution is 9.10. The Hall–Kier alpha value is -1.50. The first-order valence-electron chi connectivity index (χ1n) is 3.81. The first-order chi connectivity index (χ1) is 6.58. The van der Waals surface area contributed by atoms with E-state index in [1.54, 1.807) is 0 Å². The lowest BCUT2D eigenvalue weighted by Crippen LogP contribution is -2.04. The van der Waals surface area contributed by atoms with E-state index in [4.69, 9.17) is 11.5 Å². The molecule has 0 saturated heterocycles. The van der Waals surface area contributed by atoms with E-state index in [1.807, 2.05) is 6.92 Å². The standard InChI is InChI=1S/C7H7BrN6/c1-2-4(8)12-6-3(11-2)5(9)13-7(10)14-6/h1H3,(H4,9,10,12,13,14). The van der Waals surface area contributed by atoms with Crippen molar-refractivity contribution in [1.29, 1.82) is 0 Å². The fraction of sp³-hybridized carbons (Fsp3) is 0.143. The smallest absolute Gasteiger partial charge is 0.224 e. The molecule has 2 heterocycles. The van der Waals surface area contributed by atoms with Crippen LogP contribution in [0.25, 0.3) is 11.2 Å². The Balaban J connectivity index is 2.89. The third-order valence-electron chi connectivity index (χ3n) is 1.69. The first-order valence-corrected chi connectivity index (χ1v) is 4.60. The van der Waals surface area contributed by atoms with Crippen molar-refractivity contribution in [3.05, 3.63) is 10.3 Å². The maximum Gasteiger partial charge on any atom is 0.224 e. The van der Waals surface area contributed by atoms with E-state index in [0.29, 0.717) is 15.8 Å². The molecule has 72 valence electrons. The Morgan fingerprint density at radius 2 is 1.79 bits per heavy atom. The average Bonchev–Trinajstić information content (AvgIpc) is 2.08. The number of aryl methyl sites for hydroxylation is 1. The van der Waals surface area contributed by atoms with Crippen molar-refractivity contribution < 1.29 is 0 Å². The number of aromatic nitrogens is 4. The van der Waals surface area contributed by atoms with Crippen molar-refractivity contribution >= 4 is 38.9 Å². The van der Waals surface area contributed by atoms with Crippen molar-refractivity contribution in [2.75, 3.05) is 11.5 Å². The van der Waals surface area contributed by atoms with E-state index in [-0.39, 0.29) is 11.8 Å². The predicted molar refractivity (Wildman–Crippen MR) is 56.4 cm³/mol. The molecule has 0 amide bonds. The minimum absolute atomic E-state index is 0.0973. The van der Waals surface area contributed by atoms with Gasteiger partial charge in [-0.3, -0.25) is 0 Å². The fourth-order valence-electron chi connectivity index (χ4n) is 1.05. The van der Waals surface area contributed by atoms with Crippen molar-refractivity contribution in [2.45, 2.75) is 6.92 Å². The molecule has 0 fully saturated rings. The number of fused-ring (bicyclic) bond motifs is 1. The molecule has 4 N–H and O–H groups in total. The molecule has 0 aromatic carbocycles. The van der Waals surface area contributed by atoms with Gasteiger partial charge in [0.1, 0.15) is 4.60 Å². The maximum atomic E-state index is 5.63. The Morgan fingerprint density at radius 3 is 2.50 bits per heavy atom. The van der Waals surface area contributed by atoms with Crippen LogP contribution in [0, 0.1) is 6.92 Å². The topological polar surface area (TPSA) is 104 Å². The number of rotatable bonds is 0. The van der Waals surface area contributed by atoms with Gasteiger partial charge in [0.05, 0.1) is 5.69 Å². The van der Waals surface area contributed by atoms with Gasteiger partial charge in [0, 0.05) is 0 Å². The Labute approximate surface area is 87.9 Å². The van der Waals surface area contributed by atoms with E-state index < -0.39 is 0 Å². The van der Waals surface area contributed by atoms with Gasteiger partial charge in [0.25, 0.3) is 0 Å². The normalized spacial score (nSPS) is 10.7. The third-order valence-corrected chi connectivity index (χ3v) is 2.44. The molecule has 2 aromatic rings. The molecule has 0 atom stereocenters. The van der Waals surface area contributed by atoms with Crippen LogP contribution in [0.1, 0.15) is 5.69 Å². The van der Waals surface area contributed by atoms with Crippen molar-refractivity contribution in [3.8, 4) is 0 Å². The zero-order valence-corrected chi connectivity index (χ0v) is 8.91. The average molecular weight is 255 g/mol. The summed E-state index contributed by atoms with van der Waals surface area (Å²) < 4.78 is 0.627. The highest BCUT2D eigenvalue weighted by atomic mass is 79.9. The van der Waals surface area contributed by atoms with Gasteiger partial charge in [0.2, 0.25) is 5.95 Å². The Kier molecular flexibility index (Phi) is 1.95. The van der Waals surface area contributed by atoms with E-state index in [0.717, 1.165) is 5.69 Å². The van der Waals surface area contributed by atoms with Gasteiger partial charge >= 0.3 is 0 Å². The Morgan fingerprint density at radius 1 is 1.07 bits per heavy atom. The highest BCUT2D eigenvalue weighted by Crippen LogP contribution is 2.19. The van der Waals surface area contributed by atoms with Gasteiger partial charge in [-0.1, -0.05) is 0 Å². The molecule has 0 aliphatic rings. The van der Waals surface area contributed by atoms with Crippen LogP contribution in [0.2, 0.25) is 0 Å². The molecule has 2 aromatic heterocycles. The van der Waals surface area contributed by atoms with Gasteiger partial charge in [-0.15, -0.1) is 0 Å². The van der Waals surface area contributed by atoms with Crippen LogP contribution in [-0.4, -0.2) is 19.9 Å². The highest BCUT2D eigenvalue weighted by Gasteiger charge is 2.08. The number of nitrogens with zero attached hydrogens (tertiary/aromatic N) is 4. The minimum atomic E-state index is 0.0973. The zero-order chi connectivity index (χ0) is 10.3. The van der Waals surface area contributed by atoms with Crippen LogP contribution in [-0.2, 0) is 0 Å². The second-order valence-corrected chi connectivity index (χ2v) is 3.49. The van der Waals surface area contributed by atoms with Gasteiger partial charge < -0.3 is 11.5 Å². The molecule has 6 nitrogen and oxygen atoms in total. The van der Waals surface area contributed by atoms with E-state index in [9.17, 15) is 0 Å². The molecule has 0 bridgehead atoms. The van der Waals surface area contributed by atoms with Crippen molar-refractivity contribution in [1.82, 2.24) is 19.9 Å². The third kappa shape index (κ3) is 1.35. The summed E-state index contributed by atoms with van der Waals surface area (Å²) in [7, 11) is 0. The number of nitrogens with two attached hydrogens (primary N) is 2. The largest absolute Gasteiger partial charge is 0.382 e. The molecule has 0 aliphatic carbocycles. The zero-order valence-electron chi connectivity index (χ0n) is 7.32. The molecule has 7 heteroatoms. The molecule has 14 heavy (non-hydrogen) atoms. The summed E-state index contributed by atoms with van der Waals surface area (Å²) in [6.45, 7) is 1.81. The lowest BCUT2D eigenvalue weighted by molar-refractivity contribution is 1.10. The summed E-state index contributed by atoms with van der Waals surface area (Å²) in [5.74, 6) is 0.343. The van der Waals surface area contributed by atoms with Crippen LogP contribution < -0.4 is 11.5 Å². The predicted octanol–water partition coefficient (Wildman–Crippen LogP) is 0.655. The van der Waals surface area contributed by atoms with Crippen molar-refractivity contribution in [2.24, 2.45) is 0 Å². The van der Waals surface area contributed by atoms with Crippen LogP contribution >= 0.6 is 15.9 Å². The summed E-state index contributed by atoms with van der Waals surface area (Å²) in [5.41, 5.74) is 12.7. The molecule has 0 radical (unpaired) electrons. The quantitative estimate of drug-likeness (QED) is 0.716. The monoisotopic (exact) mass is 254 g/mol. The number of anilines is 2. The lowest BCUT2D eigenvalue weighted by atomic mass is 10.4. The number of nitrogen functional groups attached to an aromatic ring is 2. The molecule has 0 unspecified atom stereocenters. The second kappa shape index (κ2) is 3.02.